The Morgan fingerprint density at radius 1 is 1.34 bits per heavy atom. The lowest BCUT2D eigenvalue weighted by atomic mass is 9.83. The van der Waals surface area contributed by atoms with Gasteiger partial charge in [0.05, 0.1) is 5.41 Å². The molecule has 0 aliphatic carbocycles. The van der Waals surface area contributed by atoms with Gasteiger partial charge in [0.15, 0.2) is 0 Å². The van der Waals surface area contributed by atoms with E-state index in [9.17, 15) is 23.2 Å². The zero-order chi connectivity index (χ0) is 21.3. The first kappa shape index (κ1) is 21.5. The number of hydrogen-bond donors (Lipinski definition) is 1. The SMILES string of the molecule is C[C@H]1CN(C(=O)CC[C@@]2(C)CC(=O)NC2=O)CCN1c1ccc(Cl)c(C(F)F)c1. The van der Waals surface area contributed by atoms with E-state index in [1.54, 1.807) is 17.9 Å². The van der Waals surface area contributed by atoms with E-state index in [4.69, 9.17) is 11.6 Å². The van der Waals surface area contributed by atoms with Crippen LogP contribution in [0.5, 0.6) is 0 Å². The van der Waals surface area contributed by atoms with Crippen LogP contribution < -0.4 is 10.2 Å². The molecule has 3 rings (SSSR count). The van der Waals surface area contributed by atoms with Crippen molar-refractivity contribution in [2.24, 2.45) is 5.41 Å². The number of benzene rings is 1. The molecule has 2 aliphatic rings. The molecule has 0 radical (unpaired) electrons. The second-order valence-corrected chi connectivity index (χ2v) is 8.41. The molecule has 1 N–H and O–H groups in total. The fraction of sp³-hybridized carbons (Fsp3) is 0.550. The van der Waals surface area contributed by atoms with Crippen molar-refractivity contribution in [3.8, 4) is 0 Å². The molecule has 2 atom stereocenters. The van der Waals surface area contributed by atoms with Gasteiger partial charge in [0.2, 0.25) is 17.7 Å². The van der Waals surface area contributed by atoms with Crippen molar-refractivity contribution in [3.05, 3.63) is 28.8 Å². The molecule has 2 saturated heterocycles. The Kier molecular flexibility index (Phi) is 6.12. The summed E-state index contributed by atoms with van der Waals surface area (Å²) in [5, 5.41) is 2.32. The van der Waals surface area contributed by atoms with Crippen LogP contribution in [0.1, 0.15) is 45.1 Å². The molecule has 1 aromatic rings. The summed E-state index contributed by atoms with van der Waals surface area (Å²) in [6, 6.07) is 4.51. The molecule has 0 unspecified atom stereocenters. The molecule has 0 spiro atoms. The van der Waals surface area contributed by atoms with Crippen LogP contribution in [0.4, 0.5) is 14.5 Å². The van der Waals surface area contributed by atoms with Gasteiger partial charge in [0.1, 0.15) is 0 Å². The van der Waals surface area contributed by atoms with Gasteiger partial charge >= 0.3 is 0 Å². The van der Waals surface area contributed by atoms with Gasteiger partial charge in [-0.15, -0.1) is 0 Å². The Morgan fingerprint density at radius 2 is 2.07 bits per heavy atom. The predicted octanol–water partition coefficient (Wildman–Crippen LogP) is 3.15. The fourth-order valence-corrected chi connectivity index (χ4v) is 4.14. The van der Waals surface area contributed by atoms with Crippen LogP contribution in [0.15, 0.2) is 18.2 Å². The van der Waals surface area contributed by atoms with E-state index in [1.807, 2.05) is 11.8 Å². The summed E-state index contributed by atoms with van der Waals surface area (Å²) in [5.74, 6) is -0.710. The Morgan fingerprint density at radius 3 is 2.66 bits per heavy atom. The van der Waals surface area contributed by atoms with Gasteiger partial charge < -0.3 is 9.80 Å². The maximum Gasteiger partial charge on any atom is 0.265 e. The molecule has 29 heavy (non-hydrogen) atoms. The number of alkyl halides is 2. The summed E-state index contributed by atoms with van der Waals surface area (Å²) < 4.78 is 26.3. The number of imide groups is 1. The smallest absolute Gasteiger partial charge is 0.265 e. The Balaban J connectivity index is 1.60. The van der Waals surface area contributed by atoms with E-state index in [0.717, 1.165) is 0 Å². The first-order chi connectivity index (χ1) is 13.6. The van der Waals surface area contributed by atoms with Gasteiger partial charge in [-0.3, -0.25) is 19.7 Å². The van der Waals surface area contributed by atoms with Crippen LogP contribution in [-0.2, 0) is 14.4 Å². The second kappa shape index (κ2) is 8.26. The van der Waals surface area contributed by atoms with E-state index in [0.29, 0.717) is 31.7 Å². The Bertz CT molecular complexity index is 835. The Hall–Kier alpha value is -2.22. The van der Waals surface area contributed by atoms with Crippen LogP contribution in [0.2, 0.25) is 5.02 Å². The predicted molar refractivity (Wildman–Crippen MR) is 105 cm³/mol. The van der Waals surface area contributed by atoms with Gasteiger partial charge in [-0.05, 0) is 31.5 Å². The molecule has 0 bridgehead atoms. The van der Waals surface area contributed by atoms with Crippen molar-refractivity contribution in [2.75, 3.05) is 24.5 Å². The minimum atomic E-state index is -2.65. The largest absolute Gasteiger partial charge is 0.365 e. The number of nitrogens with one attached hydrogen (secondary N) is 1. The van der Waals surface area contributed by atoms with E-state index < -0.39 is 11.8 Å². The van der Waals surface area contributed by atoms with Crippen molar-refractivity contribution in [1.29, 1.82) is 0 Å². The normalized spacial score (nSPS) is 25.0. The zero-order valence-electron chi connectivity index (χ0n) is 16.4. The summed E-state index contributed by atoms with van der Waals surface area (Å²) in [4.78, 5) is 39.7. The van der Waals surface area contributed by atoms with Crippen LogP contribution in [-0.4, -0.2) is 48.3 Å². The molecule has 0 aromatic heterocycles. The Labute approximate surface area is 173 Å². The summed E-state index contributed by atoms with van der Waals surface area (Å²) in [6.07, 6.45) is -2.05. The quantitative estimate of drug-likeness (QED) is 0.733. The van der Waals surface area contributed by atoms with Gasteiger partial charge in [0, 0.05) is 54.8 Å². The molecule has 1 aromatic carbocycles. The molecule has 2 aliphatic heterocycles. The molecule has 2 fully saturated rings. The third-order valence-electron chi connectivity index (χ3n) is 5.77. The lowest BCUT2D eigenvalue weighted by Crippen LogP contribution is -2.54. The van der Waals surface area contributed by atoms with Crippen LogP contribution in [0.3, 0.4) is 0 Å². The molecule has 9 heteroatoms. The molecule has 2 heterocycles. The average Bonchev–Trinajstić information content (AvgIpc) is 2.92. The highest BCUT2D eigenvalue weighted by Crippen LogP contribution is 2.34. The second-order valence-electron chi connectivity index (χ2n) is 8.00. The number of nitrogens with zero attached hydrogens (tertiary/aromatic N) is 2. The lowest BCUT2D eigenvalue weighted by molar-refractivity contribution is -0.133. The summed E-state index contributed by atoms with van der Waals surface area (Å²) in [6.45, 7) is 5.04. The third kappa shape index (κ3) is 4.52. The summed E-state index contributed by atoms with van der Waals surface area (Å²) in [7, 11) is 0. The minimum absolute atomic E-state index is 0.0353. The molecular formula is C20H24ClF2N3O3. The van der Waals surface area contributed by atoms with Crippen molar-refractivity contribution < 1.29 is 23.2 Å². The van der Waals surface area contributed by atoms with Crippen molar-refractivity contribution >= 4 is 35.0 Å². The first-order valence-electron chi connectivity index (χ1n) is 9.57. The molecular weight excluding hydrogens is 404 g/mol. The third-order valence-corrected chi connectivity index (χ3v) is 6.11. The average molecular weight is 428 g/mol. The van der Waals surface area contributed by atoms with E-state index in [1.165, 1.54) is 12.1 Å². The van der Waals surface area contributed by atoms with E-state index in [-0.39, 0.29) is 47.2 Å². The van der Waals surface area contributed by atoms with Gasteiger partial charge in [-0.1, -0.05) is 18.5 Å². The number of hydrogen-bond acceptors (Lipinski definition) is 4. The van der Waals surface area contributed by atoms with Crippen molar-refractivity contribution in [1.82, 2.24) is 10.2 Å². The number of anilines is 1. The highest BCUT2D eigenvalue weighted by molar-refractivity contribution is 6.31. The van der Waals surface area contributed by atoms with Crippen molar-refractivity contribution in [3.63, 3.8) is 0 Å². The van der Waals surface area contributed by atoms with Crippen LogP contribution in [0.25, 0.3) is 0 Å². The monoisotopic (exact) mass is 427 g/mol. The molecule has 3 amide bonds. The zero-order valence-corrected chi connectivity index (χ0v) is 17.1. The molecule has 0 saturated carbocycles. The van der Waals surface area contributed by atoms with E-state index >= 15 is 0 Å². The van der Waals surface area contributed by atoms with Crippen LogP contribution in [0, 0.1) is 5.41 Å². The number of carbonyl (C=O) groups excluding carboxylic acids is 3. The van der Waals surface area contributed by atoms with Gasteiger partial charge in [0.25, 0.3) is 6.43 Å². The lowest BCUT2D eigenvalue weighted by Gasteiger charge is -2.41. The maximum atomic E-state index is 13.1. The number of rotatable bonds is 5. The standard InChI is InChI=1S/C20H24ClF2N3O3/c1-12-11-25(17(28)5-6-20(2)10-16(27)24-19(20)29)7-8-26(12)13-3-4-15(21)14(9-13)18(22)23/h3-4,9,12,18H,5-8,10-11H2,1-2H3,(H,24,27,29)/t12-,20-/m0/s1. The highest BCUT2D eigenvalue weighted by atomic mass is 35.5. The number of amides is 3. The van der Waals surface area contributed by atoms with Crippen LogP contribution >= 0.6 is 11.6 Å². The van der Waals surface area contributed by atoms with Gasteiger partial charge in [-0.2, -0.15) is 0 Å². The topological polar surface area (TPSA) is 69.7 Å². The summed E-state index contributed by atoms with van der Waals surface area (Å²) >= 11 is 5.85. The minimum Gasteiger partial charge on any atom is -0.365 e. The molecule has 158 valence electrons. The first-order valence-corrected chi connectivity index (χ1v) is 9.95. The van der Waals surface area contributed by atoms with Crippen molar-refractivity contribution in [2.45, 2.75) is 45.6 Å². The van der Waals surface area contributed by atoms with E-state index in [2.05, 4.69) is 5.32 Å². The molecule has 6 nitrogen and oxygen atoms in total. The number of piperazine rings is 1. The number of carbonyl (C=O) groups is 3. The summed E-state index contributed by atoms with van der Waals surface area (Å²) in [5.41, 5.74) is -0.389. The maximum absolute atomic E-state index is 13.1. The fourth-order valence-electron chi connectivity index (χ4n) is 3.94. The highest BCUT2D eigenvalue weighted by Gasteiger charge is 2.42. The van der Waals surface area contributed by atoms with Gasteiger partial charge in [-0.25, -0.2) is 8.78 Å². The number of halogens is 3.